The molecule has 2 N–H and O–H groups in total. The highest BCUT2D eigenvalue weighted by Gasteiger charge is 2.39. The molecule has 1 fully saturated rings. The summed E-state index contributed by atoms with van der Waals surface area (Å²) in [4.78, 5) is 39.6. The maximum atomic E-state index is 13.4. The van der Waals surface area contributed by atoms with Crippen molar-refractivity contribution < 1.29 is 24.2 Å². The van der Waals surface area contributed by atoms with Crippen molar-refractivity contribution in [1.82, 2.24) is 20.0 Å². The highest BCUT2D eigenvalue weighted by molar-refractivity contribution is 5.99. The Morgan fingerprint density at radius 1 is 1.17 bits per heavy atom. The predicted octanol–water partition coefficient (Wildman–Crippen LogP) is 3.28. The van der Waals surface area contributed by atoms with Gasteiger partial charge in [0.25, 0.3) is 5.91 Å². The minimum Gasteiger partial charge on any atom is -0.494 e. The van der Waals surface area contributed by atoms with Gasteiger partial charge in [0, 0.05) is 18.7 Å². The topological polar surface area (TPSA) is 114 Å². The summed E-state index contributed by atoms with van der Waals surface area (Å²) >= 11 is 0. The number of carbonyl (C=O) groups excluding carboxylic acids is 2. The normalized spacial score (nSPS) is 18.3. The first-order valence-electron chi connectivity index (χ1n) is 12.6. The van der Waals surface area contributed by atoms with E-state index in [0.29, 0.717) is 19.6 Å². The van der Waals surface area contributed by atoms with Crippen LogP contribution in [-0.4, -0.2) is 62.8 Å². The second-order valence-electron chi connectivity index (χ2n) is 9.36. The Bertz CT molecular complexity index is 1040. The molecule has 1 aromatic carbocycles. The third-order valence-electron chi connectivity index (χ3n) is 6.79. The Balaban J connectivity index is 1.48. The summed E-state index contributed by atoms with van der Waals surface area (Å²) in [6.45, 7) is 3.27. The first-order valence-corrected chi connectivity index (χ1v) is 12.6. The molecule has 2 amide bonds. The number of hydrogen-bond donors (Lipinski definition) is 2. The van der Waals surface area contributed by atoms with Gasteiger partial charge >= 0.3 is 5.97 Å². The fourth-order valence-corrected chi connectivity index (χ4v) is 4.75. The van der Waals surface area contributed by atoms with Crippen LogP contribution in [0.5, 0.6) is 5.75 Å². The second-order valence-corrected chi connectivity index (χ2v) is 9.36. The number of hydrogen-bond acceptors (Lipinski definition) is 5. The highest BCUT2D eigenvalue weighted by Crippen LogP contribution is 2.22. The SMILES string of the molecule is CCCCOc1ccc(CCN2C(=O)c3cc(C(=O)O)nn3CC2C(=O)NC2CCCCC2)cc1. The van der Waals surface area contributed by atoms with Crippen molar-refractivity contribution in [2.75, 3.05) is 13.2 Å². The van der Waals surface area contributed by atoms with Crippen LogP contribution in [0.4, 0.5) is 0 Å². The fourth-order valence-electron chi connectivity index (χ4n) is 4.75. The average molecular weight is 483 g/mol. The highest BCUT2D eigenvalue weighted by atomic mass is 16.5. The van der Waals surface area contributed by atoms with Crippen molar-refractivity contribution in [2.24, 2.45) is 0 Å². The van der Waals surface area contributed by atoms with Gasteiger partial charge < -0.3 is 20.1 Å². The summed E-state index contributed by atoms with van der Waals surface area (Å²) in [5.41, 5.74) is 1.03. The van der Waals surface area contributed by atoms with Crippen LogP contribution in [0.2, 0.25) is 0 Å². The maximum absolute atomic E-state index is 13.4. The third kappa shape index (κ3) is 6.01. The van der Waals surface area contributed by atoms with Gasteiger partial charge in [-0.05, 0) is 43.4 Å². The molecular weight excluding hydrogens is 448 g/mol. The van der Waals surface area contributed by atoms with Gasteiger partial charge in [0.05, 0.1) is 13.2 Å². The quantitative estimate of drug-likeness (QED) is 0.503. The van der Waals surface area contributed by atoms with Crippen LogP contribution in [-0.2, 0) is 17.8 Å². The molecule has 1 atom stereocenters. The van der Waals surface area contributed by atoms with Crippen molar-refractivity contribution in [3.63, 3.8) is 0 Å². The van der Waals surface area contributed by atoms with E-state index >= 15 is 0 Å². The Morgan fingerprint density at radius 2 is 1.91 bits per heavy atom. The summed E-state index contributed by atoms with van der Waals surface area (Å²) < 4.78 is 7.08. The number of amides is 2. The van der Waals surface area contributed by atoms with Crippen LogP contribution >= 0.6 is 0 Å². The molecule has 1 unspecified atom stereocenters. The van der Waals surface area contributed by atoms with E-state index in [1.165, 1.54) is 17.2 Å². The lowest BCUT2D eigenvalue weighted by Crippen LogP contribution is -2.57. The molecular formula is C26H34N4O5. The Kier molecular flexibility index (Phi) is 8.05. The average Bonchev–Trinajstić information content (AvgIpc) is 3.30. The number of fused-ring (bicyclic) bond motifs is 1. The number of carboxylic acid groups (broad SMARTS) is 1. The van der Waals surface area contributed by atoms with Crippen molar-refractivity contribution in [1.29, 1.82) is 0 Å². The molecule has 0 bridgehead atoms. The Labute approximate surface area is 205 Å². The molecule has 2 heterocycles. The lowest BCUT2D eigenvalue weighted by molar-refractivity contribution is -0.127. The number of ether oxygens (including phenoxy) is 1. The summed E-state index contributed by atoms with van der Waals surface area (Å²) in [7, 11) is 0. The zero-order valence-electron chi connectivity index (χ0n) is 20.2. The molecule has 0 radical (unpaired) electrons. The van der Waals surface area contributed by atoms with E-state index in [4.69, 9.17) is 4.74 Å². The number of unbranched alkanes of at least 4 members (excludes halogenated alkanes) is 1. The largest absolute Gasteiger partial charge is 0.494 e. The van der Waals surface area contributed by atoms with Gasteiger partial charge in [-0.25, -0.2) is 4.79 Å². The number of benzene rings is 1. The van der Waals surface area contributed by atoms with Gasteiger partial charge in [-0.2, -0.15) is 5.10 Å². The summed E-state index contributed by atoms with van der Waals surface area (Å²) in [5.74, 6) is -0.968. The minimum atomic E-state index is -1.20. The van der Waals surface area contributed by atoms with Gasteiger partial charge in [0.2, 0.25) is 5.91 Å². The molecule has 1 aliphatic heterocycles. The van der Waals surface area contributed by atoms with Crippen LogP contribution in [0.1, 0.15) is 78.4 Å². The van der Waals surface area contributed by atoms with E-state index in [0.717, 1.165) is 49.8 Å². The lowest BCUT2D eigenvalue weighted by Gasteiger charge is -2.36. The van der Waals surface area contributed by atoms with Crippen LogP contribution in [0.3, 0.4) is 0 Å². The number of nitrogens with one attached hydrogen (secondary N) is 1. The molecule has 9 heteroatoms. The molecule has 1 aromatic heterocycles. The van der Waals surface area contributed by atoms with Crippen molar-refractivity contribution in [2.45, 2.75) is 76.9 Å². The molecule has 4 rings (SSSR count). The maximum Gasteiger partial charge on any atom is 0.356 e. The standard InChI is InChI=1S/C26H34N4O5/c1-2-3-15-35-20-11-9-18(10-12-20)13-14-29-23(24(31)27-19-7-5-4-6-8-19)17-30-22(25(29)32)16-21(28-30)26(33)34/h9-12,16,19,23H,2-8,13-15,17H2,1H3,(H,27,31)(H,33,34). The van der Waals surface area contributed by atoms with E-state index in [9.17, 15) is 19.5 Å². The molecule has 2 aromatic rings. The molecule has 0 spiro atoms. The predicted molar refractivity (Wildman–Crippen MR) is 130 cm³/mol. The molecule has 35 heavy (non-hydrogen) atoms. The summed E-state index contributed by atoms with van der Waals surface area (Å²) in [5, 5.41) is 16.5. The van der Waals surface area contributed by atoms with E-state index in [1.807, 2.05) is 24.3 Å². The zero-order chi connectivity index (χ0) is 24.8. The number of nitrogens with zero attached hydrogens (tertiary/aromatic N) is 3. The smallest absolute Gasteiger partial charge is 0.356 e. The summed E-state index contributed by atoms with van der Waals surface area (Å²) in [6.07, 6.45) is 7.87. The van der Waals surface area contributed by atoms with Gasteiger partial charge in [0.1, 0.15) is 17.5 Å². The van der Waals surface area contributed by atoms with E-state index in [2.05, 4.69) is 17.3 Å². The number of carbonyl (C=O) groups is 3. The van der Waals surface area contributed by atoms with Crippen LogP contribution in [0, 0.1) is 0 Å². The van der Waals surface area contributed by atoms with Crippen molar-refractivity contribution >= 4 is 17.8 Å². The molecule has 9 nitrogen and oxygen atoms in total. The van der Waals surface area contributed by atoms with Crippen molar-refractivity contribution in [3.8, 4) is 5.75 Å². The van der Waals surface area contributed by atoms with Gasteiger partial charge in [0.15, 0.2) is 5.69 Å². The van der Waals surface area contributed by atoms with Crippen LogP contribution < -0.4 is 10.1 Å². The first kappa shape index (κ1) is 24.8. The molecule has 1 saturated carbocycles. The van der Waals surface area contributed by atoms with E-state index in [-0.39, 0.29) is 35.8 Å². The lowest BCUT2D eigenvalue weighted by atomic mass is 9.95. The number of aromatic carboxylic acids is 1. The molecule has 0 saturated heterocycles. The van der Waals surface area contributed by atoms with Gasteiger partial charge in [-0.1, -0.05) is 44.7 Å². The van der Waals surface area contributed by atoms with E-state index in [1.54, 1.807) is 4.90 Å². The number of rotatable bonds is 10. The van der Waals surface area contributed by atoms with Gasteiger partial charge in [-0.3, -0.25) is 14.3 Å². The Hall–Kier alpha value is -3.36. The molecule has 188 valence electrons. The second kappa shape index (κ2) is 11.4. The Morgan fingerprint density at radius 3 is 2.60 bits per heavy atom. The number of carboxylic acids is 1. The van der Waals surface area contributed by atoms with Crippen LogP contribution in [0.25, 0.3) is 0 Å². The fraction of sp³-hybridized carbons (Fsp3) is 0.538. The summed E-state index contributed by atoms with van der Waals surface area (Å²) in [6, 6.07) is 8.45. The van der Waals surface area contributed by atoms with Crippen molar-refractivity contribution in [3.05, 3.63) is 47.3 Å². The molecule has 2 aliphatic rings. The zero-order valence-corrected chi connectivity index (χ0v) is 20.2. The molecule has 1 aliphatic carbocycles. The first-order chi connectivity index (χ1) is 17.0. The van der Waals surface area contributed by atoms with E-state index < -0.39 is 12.0 Å². The number of aromatic nitrogens is 2. The third-order valence-corrected chi connectivity index (χ3v) is 6.79. The minimum absolute atomic E-state index is 0.113. The van der Waals surface area contributed by atoms with Gasteiger partial charge in [-0.15, -0.1) is 0 Å². The monoisotopic (exact) mass is 482 g/mol. The van der Waals surface area contributed by atoms with Crippen LogP contribution in [0.15, 0.2) is 30.3 Å².